The third-order valence-corrected chi connectivity index (χ3v) is 19.4. The molecule has 7 aromatic carbocycles. The number of ether oxygens (including phenoxy) is 2. The first-order chi connectivity index (χ1) is 42.0. The summed E-state index contributed by atoms with van der Waals surface area (Å²) in [6.45, 7) is 50.4. The average molecular weight is 1440 g/mol. The summed E-state index contributed by atoms with van der Waals surface area (Å²) in [6, 6.07) is 44.4. The second-order valence-corrected chi connectivity index (χ2v) is 35.1. The van der Waals surface area contributed by atoms with E-state index in [0.29, 0.717) is 44.6 Å². The predicted octanol–water partition coefficient (Wildman–Crippen LogP) is 23.7. The predicted molar refractivity (Wildman–Crippen MR) is 390 cm³/mol. The minimum absolute atomic E-state index is 0. The van der Waals surface area contributed by atoms with Gasteiger partial charge >= 0.3 is 0 Å². The van der Waals surface area contributed by atoms with E-state index in [2.05, 4.69) is 259 Å². The fourth-order valence-electron chi connectivity index (χ4n) is 14.6. The van der Waals surface area contributed by atoms with Gasteiger partial charge in [-0.2, -0.15) is 0 Å². The van der Waals surface area contributed by atoms with Crippen molar-refractivity contribution in [2.24, 2.45) is 16.2 Å². The van der Waals surface area contributed by atoms with Gasteiger partial charge in [-0.3, -0.25) is 0 Å². The molecule has 486 valence electrons. The van der Waals surface area contributed by atoms with Gasteiger partial charge in [0.15, 0.2) is 0 Å². The number of aromatic nitrogens is 2. The number of halogens is 2. The molecule has 0 amide bonds. The van der Waals surface area contributed by atoms with E-state index < -0.39 is 11.8 Å². The van der Waals surface area contributed by atoms with Gasteiger partial charge in [0.2, 0.25) is 5.79 Å². The number of rotatable bonds is 14. The normalized spacial score (nSPS) is 16.6. The van der Waals surface area contributed by atoms with E-state index in [1.165, 1.54) is 22.3 Å². The number of nitrogens with zero attached hydrogens (tertiary/aromatic N) is 2. The summed E-state index contributed by atoms with van der Waals surface area (Å²) < 4.78 is 18.7. The van der Waals surface area contributed by atoms with Crippen molar-refractivity contribution in [1.29, 1.82) is 0 Å². The monoisotopic (exact) mass is 1440 g/mol. The molecule has 9 aromatic rings. The quantitative estimate of drug-likeness (QED) is 0.0647. The van der Waals surface area contributed by atoms with Crippen LogP contribution in [0.5, 0.6) is 11.5 Å². The van der Waals surface area contributed by atoms with Crippen LogP contribution in [0.4, 0.5) is 0 Å². The van der Waals surface area contributed by atoms with Crippen LogP contribution in [0.25, 0.3) is 66.0 Å². The minimum atomic E-state index is -1.91. The summed E-state index contributed by atoms with van der Waals surface area (Å²) in [5, 5.41) is 32.9. The van der Waals surface area contributed by atoms with Crippen LogP contribution in [-0.4, -0.2) is 38.3 Å². The minimum Gasteiger partial charge on any atom is -0.505 e. The number of hydrogen-bond donors (Lipinski definition) is 2. The van der Waals surface area contributed by atoms with Gasteiger partial charge in [-0.15, -0.1) is 0 Å². The Kier molecular flexibility index (Phi) is 19.2. The molecule has 10 rings (SSSR count). The molecule has 2 atom stereocenters. The summed E-state index contributed by atoms with van der Waals surface area (Å²) >= 11 is 14.2. The number of benzene rings is 7. The molecule has 1 aliphatic carbocycles. The van der Waals surface area contributed by atoms with Crippen molar-refractivity contribution < 1.29 is 45.5 Å². The van der Waals surface area contributed by atoms with E-state index >= 15 is 0 Å². The van der Waals surface area contributed by atoms with Crippen molar-refractivity contribution in [2.45, 2.75) is 210 Å². The third-order valence-electron chi connectivity index (χ3n) is 18.8. The molecule has 2 unspecified atom stereocenters. The molecule has 0 saturated carbocycles. The van der Waals surface area contributed by atoms with Crippen LogP contribution in [0.3, 0.4) is 0 Å². The summed E-state index contributed by atoms with van der Waals surface area (Å²) in [4.78, 5) is 0. The van der Waals surface area contributed by atoms with Crippen molar-refractivity contribution in [1.82, 2.24) is 9.13 Å². The first kappa shape index (κ1) is 70.9. The Morgan fingerprint density at radius 1 is 0.489 bits per heavy atom. The van der Waals surface area contributed by atoms with Gasteiger partial charge in [-0.1, -0.05) is 230 Å². The van der Waals surface area contributed by atoms with E-state index in [4.69, 9.17) is 32.7 Å². The zero-order chi connectivity index (χ0) is 66.7. The van der Waals surface area contributed by atoms with E-state index in [9.17, 15) is 10.2 Å². The third kappa shape index (κ3) is 14.3. The molecule has 9 heteroatoms. The van der Waals surface area contributed by atoms with Gasteiger partial charge in [-0.25, -0.2) is 0 Å². The van der Waals surface area contributed by atoms with Crippen molar-refractivity contribution in [3.05, 3.63) is 189 Å². The van der Waals surface area contributed by atoms with Crippen molar-refractivity contribution in [3.8, 4) is 28.3 Å². The Bertz CT molecular complexity index is 4190. The number of para-hydroxylation sites is 1. The van der Waals surface area contributed by atoms with Gasteiger partial charge in [0.25, 0.3) is 0 Å². The molecule has 0 saturated heterocycles. The molecule has 0 aliphatic heterocycles. The summed E-state index contributed by atoms with van der Waals surface area (Å²) in [6.07, 6.45) is 6.59. The first-order valence-electron chi connectivity index (χ1n) is 33.0. The maximum atomic E-state index is 14.2. The largest absolute Gasteiger partial charge is 0.505 e. The van der Waals surface area contributed by atoms with Crippen LogP contribution in [0.15, 0.2) is 145 Å². The van der Waals surface area contributed by atoms with Crippen molar-refractivity contribution in [3.63, 3.8) is 0 Å². The molecule has 0 spiro atoms. The van der Waals surface area contributed by atoms with Crippen molar-refractivity contribution in [2.75, 3.05) is 13.2 Å². The topological polar surface area (TPSA) is 68.8 Å². The summed E-state index contributed by atoms with van der Waals surface area (Å²) in [5.74, 6) is -1.33. The number of allylic oxidation sites excluding steroid dienone is 2. The summed E-state index contributed by atoms with van der Waals surface area (Å²) in [5.41, 5.74) is 13.6. The van der Waals surface area contributed by atoms with E-state index in [-0.39, 0.29) is 88.1 Å². The van der Waals surface area contributed by atoms with Crippen LogP contribution < -0.4 is 4.74 Å². The first-order valence-corrected chi connectivity index (χ1v) is 33.8. The zero-order valence-corrected chi connectivity index (χ0v) is 64.4. The maximum absolute atomic E-state index is 14.2. The van der Waals surface area contributed by atoms with E-state index in [1.807, 2.05) is 42.5 Å². The van der Waals surface area contributed by atoms with Crippen LogP contribution >= 0.6 is 23.2 Å². The number of hydrogen-bond acceptors (Lipinski definition) is 4. The standard InChI is InChI=1S/C83H102Cl2N2O4.Hf/c1-75(2,3)49-81(19,20)56-45-64(73(88)71(47-56)86-67-34-30-52(77(7,8)9)41-60(67)61-42-53(78(10,11)12)31-35-68(61)86)59-28-24-29-66(85)74(59)90-38-25-39-91-83(89)65(51-26-23-27-58(84)40-51)46-57(82(21,22)50-76(4,5)6)48-72(83)87-69-36-32-54(79(13,14)15)43-62(69)63-44-55(80(16,17)18)33-37-70(63)87;/h23-24,26-37,40-48,72,88-89H,25,38-39,49-50H2,1-22H3;. The Morgan fingerprint density at radius 2 is 0.946 bits per heavy atom. The number of aromatic hydroxyl groups is 1. The molecule has 92 heavy (non-hydrogen) atoms. The van der Waals surface area contributed by atoms with E-state index in [1.54, 1.807) is 0 Å². The Morgan fingerprint density at radius 3 is 1.41 bits per heavy atom. The molecule has 0 radical (unpaired) electrons. The number of aliphatic hydroxyl groups is 1. The molecule has 2 heterocycles. The second kappa shape index (κ2) is 25.0. The zero-order valence-electron chi connectivity index (χ0n) is 59.3. The Balaban J connectivity index is 0.00001000. The van der Waals surface area contributed by atoms with Crippen LogP contribution in [-0.2, 0) is 57.7 Å². The molecule has 0 bridgehead atoms. The van der Waals surface area contributed by atoms with Gasteiger partial charge in [-0.05, 0) is 180 Å². The fraction of sp³-hybridized carbons (Fsp3) is 0.446. The molecule has 0 fully saturated rings. The molecule has 6 nitrogen and oxygen atoms in total. The van der Waals surface area contributed by atoms with Crippen molar-refractivity contribution >= 4 is 72.4 Å². The number of phenolic OH excluding ortho intramolecular Hbond substituents is 1. The number of phenols is 1. The van der Waals surface area contributed by atoms with Crippen LogP contribution in [0.1, 0.15) is 211 Å². The molecule has 2 aromatic heterocycles. The number of fused-ring (bicyclic) bond motifs is 6. The Labute approximate surface area is 579 Å². The van der Waals surface area contributed by atoms with E-state index in [0.717, 1.165) is 73.2 Å². The average Bonchev–Trinajstić information content (AvgIpc) is 1.50. The molecular formula is C83H102Cl2HfN2O4. The van der Waals surface area contributed by atoms with Crippen LogP contribution in [0, 0.1) is 16.2 Å². The molecular weight excluding hydrogens is 1340 g/mol. The van der Waals surface area contributed by atoms with Gasteiger partial charge < -0.3 is 28.8 Å². The maximum Gasteiger partial charge on any atom is 0.218 e. The van der Waals surface area contributed by atoms with Gasteiger partial charge in [0, 0.05) is 86.6 Å². The van der Waals surface area contributed by atoms with Gasteiger partial charge in [0.1, 0.15) is 17.5 Å². The fourth-order valence-corrected chi connectivity index (χ4v) is 15.0. The van der Waals surface area contributed by atoms with Crippen LogP contribution in [0.2, 0.25) is 10.0 Å². The smallest absolute Gasteiger partial charge is 0.218 e. The summed E-state index contributed by atoms with van der Waals surface area (Å²) in [7, 11) is 0. The SMILES string of the molecule is CC(C)(C)CC(C)(C)C1=CC(n2c3ccc(C(C)(C)C)cc3c3cc(C(C)(C)C)ccc32)C(O)(OCCCOc2c(Cl)cccc2-c2cc(C(C)(C)CC(C)(C)C)cc(-n3c4ccc(C(C)(C)C)cc4c4cc(C(C)(C)C)ccc43)c2O)C(c2cccc(Cl)c2)=C1.[Hf]. The Hall–Kier alpha value is -5.41. The second-order valence-electron chi connectivity index (χ2n) is 34.3. The molecule has 2 N–H and O–H groups in total. The molecule has 1 aliphatic rings. The van der Waals surface area contributed by atoms with Gasteiger partial charge in [0.05, 0.1) is 35.0 Å².